The molecule has 0 aromatic heterocycles. The summed E-state index contributed by atoms with van der Waals surface area (Å²) in [6, 6.07) is 2.35. The van der Waals surface area contributed by atoms with Crippen LogP contribution in [-0.4, -0.2) is 37.5 Å². The zero-order valence-corrected chi connectivity index (χ0v) is 14.4. The van der Waals surface area contributed by atoms with Gasteiger partial charge in [-0.05, 0) is 25.0 Å². The predicted molar refractivity (Wildman–Crippen MR) is 85.2 cm³/mol. The molecular weight excluding hydrogens is 339 g/mol. The minimum absolute atomic E-state index is 0.332. The van der Waals surface area contributed by atoms with Crippen LogP contribution in [0.15, 0.2) is 29.2 Å². The number of benzene rings is 1. The average Bonchev–Trinajstić information content (AvgIpc) is 2.51. The van der Waals surface area contributed by atoms with E-state index in [9.17, 15) is 22.4 Å². The van der Waals surface area contributed by atoms with Crippen LogP contribution < -0.4 is 10.0 Å². The Balaban J connectivity index is 2.87. The lowest BCUT2D eigenvalue weighted by atomic mass is 9.99. The molecule has 1 aromatic carbocycles. The Morgan fingerprint density at radius 2 is 1.83 bits per heavy atom. The molecule has 0 saturated carbocycles. The monoisotopic (exact) mass is 360 g/mol. The van der Waals surface area contributed by atoms with E-state index in [-0.39, 0.29) is 5.92 Å². The number of carbonyl (C=O) groups excluding carboxylic acids is 1. The van der Waals surface area contributed by atoms with Crippen LogP contribution in [0.25, 0.3) is 0 Å². The highest BCUT2D eigenvalue weighted by Gasteiger charge is 2.29. The van der Waals surface area contributed by atoms with Crippen molar-refractivity contribution in [2.24, 2.45) is 5.92 Å². The molecule has 24 heavy (non-hydrogen) atoms. The summed E-state index contributed by atoms with van der Waals surface area (Å²) in [5.41, 5.74) is 0. The molecule has 1 aromatic rings. The lowest BCUT2D eigenvalue weighted by Gasteiger charge is -2.22. The molecule has 3 atom stereocenters. The van der Waals surface area contributed by atoms with Crippen LogP contribution >= 0.6 is 0 Å². The normalized spacial score (nSPS) is 15.3. The number of aliphatic carboxylic acids is 1. The van der Waals surface area contributed by atoms with Crippen molar-refractivity contribution in [1.82, 2.24) is 10.0 Å². The van der Waals surface area contributed by atoms with Gasteiger partial charge in [0.25, 0.3) is 0 Å². The Labute approximate surface area is 140 Å². The number of rotatable bonds is 8. The Morgan fingerprint density at radius 1 is 1.25 bits per heavy atom. The summed E-state index contributed by atoms with van der Waals surface area (Å²) in [4.78, 5) is 22.7. The standard InChI is InChI=1S/C15H21FN2O5S/c1-4-9(2)13(15(20)21)17-14(19)10(3)18-24(22,23)12-8-6-5-7-11(12)16/h5-10,13,18H,4H2,1-3H3,(H,17,19)(H,20,21)/t9-,10?,13-/m0/s1. The molecule has 0 aliphatic heterocycles. The van der Waals surface area contributed by atoms with Gasteiger partial charge in [0.05, 0.1) is 6.04 Å². The largest absolute Gasteiger partial charge is 0.480 e. The maximum atomic E-state index is 13.6. The molecule has 134 valence electrons. The first-order valence-electron chi connectivity index (χ1n) is 7.40. The quantitative estimate of drug-likeness (QED) is 0.643. The first-order chi connectivity index (χ1) is 11.1. The zero-order valence-electron chi connectivity index (χ0n) is 13.6. The van der Waals surface area contributed by atoms with Crippen LogP contribution in [0.3, 0.4) is 0 Å². The number of carboxylic acids is 1. The van der Waals surface area contributed by atoms with Crippen LogP contribution in [0.1, 0.15) is 27.2 Å². The molecule has 0 heterocycles. The fraction of sp³-hybridized carbons (Fsp3) is 0.467. The van der Waals surface area contributed by atoms with E-state index in [1.807, 2.05) is 4.72 Å². The summed E-state index contributed by atoms with van der Waals surface area (Å²) in [6.45, 7) is 4.69. The summed E-state index contributed by atoms with van der Waals surface area (Å²) in [6.07, 6.45) is 0.520. The van der Waals surface area contributed by atoms with Gasteiger partial charge in [-0.3, -0.25) is 4.79 Å². The van der Waals surface area contributed by atoms with Crippen molar-refractivity contribution in [2.75, 3.05) is 0 Å². The van der Waals surface area contributed by atoms with E-state index in [2.05, 4.69) is 5.32 Å². The topological polar surface area (TPSA) is 113 Å². The first kappa shape index (κ1) is 20.0. The minimum atomic E-state index is -4.25. The zero-order chi connectivity index (χ0) is 18.5. The molecule has 3 N–H and O–H groups in total. The predicted octanol–water partition coefficient (Wildman–Crippen LogP) is 1.11. The van der Waals surface area contributed by atoms with E-state index < -0.39 is 44.7 Å². The van der Waals surface area contributed by atoms with Crippen LogP contribution in [0.5, 0.6) is 0 Å². The molecule has 0 fully saturated rings. The molecule has 1 rings (SSSR count). The molecule has 7 nitrogen and oxygen atoms in total. The highest BCUT2D eigenvalue weighted by Crippen LogP contribution is 2.14. The molecular formula is C15H21FN2O5S. The lowest BCUT2D eigenvalue weighted by molar-refractivity contribution is -0.143. The second-order valence-electron chi connectivity index (χ2n) is 5.48. The molecule has 1 amide bonds. The van der Waals surface area contributed by atoms with Gasteiger partial charge in [0.2, 0.25) is 15.9 Å². The van der Waals surface area contributed by atoms with Crippen LogP contribution in [0, 0.1) is 11.7 Å². The van der Waals surface area contributed by atoms with Gasteiger partial charge >= 0.3 is 5.97 Å². The summed E-state index contributed by atoms with van der Waals surface area (Å²) in [7, 11) is -4.25. The van der Waals surface area contributed by atoms with Gasteiger partial charge in [0.15, 0.2) is 0 Å². The van der Waals surface area contributed by atoms with Gasteiger partial charge in [0.1, 0.15) is 16.8 Å². The average molecular weight is 360 g/mol. The van der Waals surface area contributed by atoms with Crippen molar-refractivity contribution in [3.63, 3.8) is 0 Å². The Kier molecular flexibility index (Phi) is 6.85. The van der Waals surface area contributed by atoms with Crippen molar-refractivity contribution in [3.8, 4) is 0 Å². The highest BCUT2D eigenvalue weighted by molar-refractivity contribution is 7.89. The van der Waals surface area contributed by atoms with Crippen molar-refractivity contribution in [1.29, 1.82) is 0 Å². The summed E-state index contributed by atoms with van der Waals surface area (Å²) < 4.78 is 39.9. The SMILES string of the molecule is CC[C@H](C)[C@H](NC(=O)C(C)NS(=O)(=O)c1ccccc1F)C(=O)O. The van der Waals surface area contributed by atoms with Crippen molar-refractivity contribution in [3.05, 3.63) is 30.1 Å². The van der Waals surface area contributed by atoms with Gasteiger partial charge < -0.3 is 10.4 Å². The third-order valence-electron chi connectivity index (χ3n) is 3.63. The van der Waals surface area contributed by atoms with E-state index in [1.165, 1.54) is 19.1 Å². The van der Waals surface area contributed by atoms with E-state index >= 15 is 0 Å². The number of sulfonamides is 1. The number of nitrogens with one attached hydrogen (secondary N) is 2. The molecule has 0 spiro atoms. The summed E-state index contributed by atoms with van der Waals surface area (Å²) in [5, 5.41) is 11.4. The maximum Gasteiger partial charge on any atom is 0.326 e. The Morgan fingerprint density at radius 3 is 2.33 bits per heavy atom. The number of carbonyl (C=O) groups is 2. The van der Waals surface area contributed by atoms with E-state index in [4.69, 9.17) is 5.11 Å². The molecule has 0 aliphatic rings. The highest BCUT2D eigenvalue weighted by atomic mass is 32.2. The third-order valence-corrected chi connectivity index (χ3v) is 5.20. The minimum Gasteiger partial charge on any atom is -0.480 e. The number of hydrogen-bond donors (Lipinski definition) is 3. The second kappa shape index (κ2) is 8.20. The number of amides is 1. The van der Waals surface area contributed by atoms with Gasteiger partial charge in [0, 0.05) is 0 Å². The van der Waals surface area contributed by atoms with Crippen molar-refractivity contribution < 1.29 is 27.5 Å². The molecule has 1 unspecified atom stereocenters. The second-order valence-corrected chi connectivity index (χ2v) is 7.17. The fourth-order valence-corrected chi connectivity index (χ4v) is 3.26. The Hall–Kier alpha value is -2.00. The van der Waals surface area contributed by atoms with Crippen LogP contribution in [0.4, 0.5) is 4.39 Å². The lowest BCUT2D eigenvalue weighted by Crippen LogP contribution is -2.52. The molecule has 0 saturated heterocycles. The molecule has 0 aliphatic carbocycles. The number of carboxylic acid groups (broad SMARTS) is 1. The van der Waals surface area contributed by atoms with Gasteiger partial charge in [-0.1, -0.05) is 32.4 Å². The van der Waals surface area contributed by atoms with Crippen LogP contribution in [0.2, 0.25) is 0 Å². The Bertz CT molecular complexity index is 708. The number of hydrogen-bond acceptors (Lipinski definition) is 4. The first-order valence-corrected chi connectivity index (χ1v) is 8.88. The maximum absolute atomic E-state index is 13.6. The summed E-state index contributed by atoms with van der Waals surface area (Å²) in [5.74, 6) is -3.29. The smallest absolute Gasteiger partial charge is 0.326 e. The molecule has 0 radical (unpaired) electrons. The van der Waals surface area contributed by atoms with Crippen LogP contribution in [-0.2, 0) is 19.6 Å². The van der Waals surface area contributed by atoms with Gasteiger partial charge in [-0.15, -0.1) is 0 Å². The van der Waals surface area contributed by atoms with Crippen molar-refractivity contribution >= 4 is 21.9 Å². The van der Waals surface area contributed by atoms with Gasteiger partial charge in [-0.25, -0.2) is 17.6 Å². The molecule has 9 heteroatoms. The number of halogens is 1. The fourth-order valence-electron chi connectivity index (χ4n) is 1.97. The van der Waals surface area contributed by atoms with E-state index in [1.54, 1.807) is 13.8 Å². The third kappa shape index (κ3) is 5.00. The van der Waals surface area contributed by atoms with E-state index in [0.29, 0.717) is 6.42 Å². The summed E-state index contributed by atoms with van der Waals surface area (Å²) >= 11 is 0. The van der Waals surface area contributed by atoms with E-state index in [0.717, 1.165) is 12.1 Å². The molecule has 0 bridgehead atoms. The van der Waals surface area contributed by atoms with Gasteiger partial charge in [-0.2, -0.15) is 4.72 Å². The van der Waals surface area contributed by atoms with Crippen molar-refractivity contribution in [2.45, 2.75) is 44.2 Å².